The van der Waals surface area contributed by atoms with Crippen LogP contribution < -0.4 is 5.32 Å². The second-order valence-corrected chi connectivity index (χ2v) is 7.22. The van der Waals surface area contributed by atoms with Crippen molar-refractivity contribution in [1.82, 2.24) is 10.1 Å². The van der Waals surface area contributed by atoms with Gasteiger partial charge in [0.05, 0.1) is 23.1 Å². The molecule has 0 spiro atoms. The van der Waals surface area contributed by atoms with Gasteiger partial charge in [-0.3, -0.25) is 9.59 Å². The molecule has 0 bridgehead atoms. The largest absolute Gasteiger partial charge is 0.481 e. The summed E-state index contributed by atoms with van der Waals surface area (Å²) in [6.45, 7) is 3.57. The highest BCUT2D eigenvalue weighted by molar-refractivity contribution is 7.98. The van der Waals surface area contributed by atoms with Gasteiger partial charge in [0.2, 0.25) is 0 Å². The molecule has 2 N–H and O–H groups in total. The number of pyridine rings is 1. The lowest BCUT2D eigenvalue weighted by Crippen LogP contribution is -2.13. The first-order valence-corrected chi connectivity index (χ1v) is 9.53. The van der Waals surface area contributed by atoms with E-state index in [1.165, 1.54) is 0 Å². The average molecular weight is 385 g/mol. The number of carbonyl (C=O) groups is 2. The van der Waals surface area contributed by atoms with Crippen LogP contribution in [0.5, 0.6) is 0 Å². The number of nitrogens with zero attached hydrogens (tertiary/aromatic N) is 2. The number of thioether (sulfide) groups is 1. The van der Waals surface area contributed by atoms with Gasteiger partial charge in [-0.15, -0.1) is 0 Å². The fourth-order valence-corrected chi connectivity index (χ4v) is 3.56. The molecule has 0 radical (unpaired) electrons. The maximum atomic E-state index is 12.8. The summed E-state index contributed by atoms with van der Waals surface area (Å²) in [7, 11) is 0. The number of amides is 1. The van der Waals surface area contributed by atoms with Crippen LogP contribution >= 0.6 is 11.8 Å². The van der Waals surface area contributed by atoms with Crippen LogP contribution in [0.1, 0.15) is 33.7 Å². The molecule has 27 heavy (non-hydrogen) atoms. The predicted octanol–water partition coefficient (Wildman–Crippen LogP) is 3.80. The Hall–Kier alpha value is -2.87. The summed E-state index contributed by atoms with van der Waals surface area (Å²) in [5.41, 5.74) is 3.80. The van der Waals surface area contributed by atoms with Crippen molar-refractivity contribution in [2.24, 2.45) is 0 Å². The summed E-state index contributed by atoms with van der Waals surface area (Å²) in [6, 6.07) is 9.23. The minimum Gasteiger partial charge on any atom is -0.481 e. The number of rotatable bonds is 7. The number of aliphatic carboxylic acids is 1. The van der Waals surface area contributed by atoms with Gasteiger partial charge in [-0.25, -0.2) is 4.98 Å². The van der Waals surface area contributed by atoms with Gasteiger partial charge >= 0.3 is 5.97 Å². The van der Waals surface area contributed by atoms with Crippen molar-refractivity contribution in [2.45, 2.75) is 26.0 Å². The molecule has 0 aliphatic rings. The van der Waals surface area contributed by atoms with Crippen molar-refractivity contribution < 1.29 is 19.2 Å². The van der Waals surface area contributed by atoms with Crippen molar-refractivity contribution in [3.05, 3.63) is 52.8 Å². The molecule has 0 aliphatic carbocycles. The Labute approximate surface area is 160 Å². The highest BCUT2D eigenvalue weighted by atomic mass is 32.2. The Morgan fingerprint density at radius 2 is 2.07 bits per heavy atom. The van der Waals surface area contributed by atoms with Crippen LogP contribution in [0.25, 0.3) is 11.1 Å². The number of carboxylic acids is 1. The molecule has 1 aromatic carbocycles. The van der Waals surface area contributed by atoms with E-state index in [0.29, 0.717) is 45.2 Å². The zero-order valence-electron chi connectivity index (χ0n) is 15.0. The van der Waals surface area contributed by atoms with Gasteiger partial charge in [-0.2, -0.15) is 11.8 Å². The Morgan fingerprint density at radius 1 is 1.26 bits per heavy atom. The molecule has 0 atom stereocenters. The predicted molar refractivity (Wildman–Crippen MR) is 104 cm³/mol. The molecule has 3 aromatic rings. The maximum absolute atomic E-state index is 12.8. The van der Waals surface area contributed by atoms with Crippen LogP contribution in [-0.2, 0) is 10.5 Å². The van der Waals surface area contributed by atoms with E-state index in [0.717, 1.165) is 5.56 Å². The Bertz CT molecular complexity index is 1000. The molecule has 0 aliphatic heterocycles. The summed E-state index contributed by atoms with van der Waals surface area (Å²) in [6.07, 6.45) is 0.135. The first kappa shape index (κ1) is 18.9. The quantitative estimate of drug-likeness (QED) is 0.596. The molecule has 0 saturated heterocycles. The standard InChI is InChI=1S/C19H19N3O4S/c1-11-8-15(17-12(2)22-26-19(17)20-11)18(25)21-14-5-3-4-13(9-14)10-27-7-6-16(23)24/h3-5,8-9H,6-7,10H2,1-2H3,(H,21,25)(H,23,24). The van der Waals surface area contributed by atoms with E-state index in [2.05, 4.69) is 15.5 Å². The van der Waals surface area contributed by atoms with Crippen molar-refractivity contribution in [3.8, 4) is 0 Å². The van der Waals surface area contributed by atoms with Gasteiger partial charge in [0, 0.05) is 22.9 Å². The molecule has 7 nitrogen and oxygen atoms in total. The second kappa shape index (κ2) is 8.22. The summed E-state index contributed by atoms with van der Waals surface area (Å²) in [5, 5.41) is 16.1. The highest BCUT2D eigenvalue weighted by Gasteiger charge is 2.18. The zero-order chi connectivity index (χ0) is 19.4. The third-order valence-corrected chi connectivity index (χ3v) is 4.93. The molecular formula is C19H19N3O4S. The molecule has 2 heterocycles. The lowest BCUT2D eigenvalue weighted by molar-refractivity contribution is -0.136. The number of fused-ring (bicyclic) bond motifs is 1. The SMILES string of the molecule is Cc1cc(C(=O)Nc2cccc(CSCCC(=O)O)c2)c2c(C)noc2n1. The number of carbonyl (C=O) groups excluding carboxylic acids is 1. The van der Waals surface area contributed by atoms with Gasteiger partial charge in [0.15, 0.2) is 0 Å². The van der Waals surface area contributed by atoms with Crippen molar-refractivity contribution in [3.63, 3.8) is 0 Å². The lowest BCUT2D eigenvalue weighted by Gasteiger charge is -2.09. The van der Waals surface area contributed by atoms with E-state index in [-0.39, 0.29) is 12.3 Å². The Kier molecular flexibility index (Phi) is 5.75. The summed E-state index contributed by atoms with van der Waals surface area (Å²) in [5.74, 6) is 0.173. The highest BCUT2D eigenvalue weighted by Crippen LogP contribution is 2.23. The van der Waals surface area contributed by atoms with Gasteiger partial charge in [0.1, 0.15) is 0 Å². The maximum Gasteiger partial charge on any atom is 0.304 e. The average Bonchev–Trinajstić information content (AvgIpc) is 2.99. The van der Waals surface area contributed by atoms with E-state index in [1.807, 2.05) is 24.3 Å². The van der Waals surface area contributed by atoms with Gasteiger partial charge in [-0.1, -0.05) is 17.3 Å². The molecular weight excluding hydrogens is 366 g/mol. The van der Waals surface area contributed by atoms with Crippen LogP contribution in [0, 0.1) is 13.8 Å². The third kappa shape index (κ3) is 4.65. The molecule has 0 fully saturated rings. The van der Waals surface area contributed by atoms with Gasteiger partial charge < -0.3 is 14.9 Å². The molecule has 0 saturated carbocycles. The fourth-order valence-electron chi connectivity index (χ4n) is 2.68. The van der Waals surface area contributed by atoms with E-state index in [1.54, 1.807) is 31.7 Å². The first-order valence-electron chi connectivity index (χ1n) is 8.37. The Morgan fingerprint density at radius 3 is 2.85 bits per heavy atom. The minimum absolute atomic E-state index is 0.135. The van der Waals surface area contributed by atoms with E-state index in [9.17, 15) is 9.59 Å². The number of benzene rings is 1. The fraction of sp³-hybridized carbons (Fsp3) is 0.263. The number of hydrogen-bond donors (Lipinski definition) is 2. The van der Waals surface area contributed by atoms with Crippen LogP contribution in [-0.4, -0.2) is 32.9 Å². The van der Waals surface area contributed by atoms with Crippen LogP contribution in [0.3, 0.4) is 0 Å². The monoisotopic (exact) mass is 385 g/mol. The number of aromatic nitrogens is 2. The summed E-state index contributed by atoms with van der Waals surface area (Å²) < 4.78 is 5.18. The number of aryl methyl sites for hydroxylation is 2. The molecule has 0 unspecified atom stereocenters. The molecule has 1 amide bonds. The number of nitrogens with one attached hydrogen (secondary N) is 1. The van der Waals surface area contributed by atoms with Gasteiger partial charge in [0.25, 0.3) is 11.6 Å². The van der Waals surface area contributed by atoms with Crippen LogP contribution in [0.4, 0.5) is 5.69 Å². The van der Waals surface area contributed by atoms with Crippen LogP contribution in [0.2, 0.25) is 0 Å². The summed E-state index contributed by atoms with van der Waals surface area (Å²) >= 11 is 1.54. The number of anilines is 1. The first-order chi connectivity index (χ1) is 12.9. The second-order valence-electron chi connectivity index (χ2n) is 6.11. The van der Waals surface area contributed by atoms with Crippen LogP contribution in [0.15, 0.2) is 34.9 Å². The molecule has 8 heteroatoms. The van der Waals surface area contributed by atoms with E-state index < -0.39 is 5.97 Å². The van der Waals surface area contributed by atoms with Gasteiger partial charge in [-0.05, 0) is 37.6 Å². The number of hydrogen-bond acceptors (Lipinski definition) is 6. The molecule has 2 aromatic heterocycles. The van der Waals surface area contributed by atoms with Crippen molar-refractivity contribution >= 4 is 40.4 Å². The number of carboxylic acid groups (broad SMARTS) is 1. The minimum atomic E-state index is -0.800. The molecule has 3 rings (SSSR count). The third-order valence-electron chi connectivity index (χ3n) is 3.90. The summed E-state index contributed by atoms with van der Waals surface area (Å²) in [4.78, 5) is 27.6. The van der Waals surface area contributed by atoms with E-state index >= 15 is 0 Å². The smallest absolute Gasteiger partial charge is 0.304 e. The van der Waals surface area contributed by atoms with E-state index in [4.69, 9.17) is 9.63 Å². The normalized spacial score (nSPS) is 10.9. The Balaban J connectivity index is 1.74. The zero-order valence-corrected chi connectivity index (χ0v) is 15.8. The van der Waals surface area contributed by atoms with Crippen molar-refractivity contribution in [1.29, 1.82) is 0 Å². The molecule has 140 valence electrons. The topological polar surface area (TPSA) is 105 Å². The lowest BCUT2D eigenvalue weighted by atomic mass is 10.1. The van der Waals surface area contributed by atoms with Crippen molar-refractivity contribution in [2.75, 3.05) is 11.1 Å².